The fourth-order valence-electron chi connectivity index (χ4n) is 3.35. The maximum atomic E-state index is 4.93. The molecule has 1 saturated heterocycles. The molecular weight excluding hydrogens is 274 g/mol. The number of likely N-dealkylation sites (N-methyl/N-ethyl adjacent to an activating group) is 1. The van der Waals surface area contributed by atoms with Crippen molar-refractivity contribution in [2.24, 2.45) is 0 Å². The number of aromatic nitrogens is 3. The van der Waals surface area contributed by atoms with Crippen molar-refractivity contribution in [1.82, 2.24) is 19.9 Å². The number of nitrogens with zero attached hydrogens (tertiary/aromatic N) is 5. The minimum atomic E-state index is 0.840. The molecule has 5 heteroatoms. The third-order valence-electron chi connectivity index (χ3n) is 4.57. The van der Waals surface area contributed by atoms with Crippen LogP contribution in [0.4, 0.5) is 5.82 Å². The van der Waals surface area contributed by atoms with Crippen LogP contribution in [0.3, 0.4) is 0 Å². The van der Waals surface area contributed by atoms with Gasteiger partial charge in [-0.3, -0.25) is 4.98 Å². The van der Waals surface area contributed by atoms with Gasteiger partial charge in [-0.2, -0.15) is 0 Å². The van der Waals surface area contributed by atoms with E-state index in [0.29, 0.717) is 0 Å². The van der Waals surface area contributed by atoms with Crippen LogP contribution in [-0.2, 0) is 13.0 Å². The third-order valence-corrected chi connectivity index (χ3v) is 4.57. The maximum absolute atomic E-state index is 4.93. The van der Waals surface area contributed by atoms with E-state index in [-0.39, 0.29) is 0 Å². The molecule has 4 heterocycles. The van der Waals surface area contributed by atoms with E-state index in [4.69, 9.17) is 9.97 Å². The minimum absolute atomic E-state index is 0.840. The van der Waals surface area contributed by atoms with Gasteiger partial charge in [0, 0.05) is 56.1 Å². The highest BCUT2D eigenvalue weighted by Crippen LogP contribution is 2.30. The molecule has 0 aromatic carbocycles. The van der Waals surface area contributed by atoms with Gasteiger partial charge in [-0.05, 0) is 32.0 Å². The Morgan fingerprint density at radius 1 is 1.00 bits per heavy atom. The minimum Gasteiger partial charge on any atom is -0.356 e. The monoisotopic (exact) mass is 295 g/mol. The highest BCUT2D eigenvalue weighted by molar-refractivity contribution is 5.60. The van der Waals surface area contributed by atoms with Crippen LogP contribution in [0.2, 0.25) is 0 Å². The van der Waals surface area contributed by atoms with E-state index in [0.717, 1.165) is 49.8 Å². The average Bonchev–Trinajstić information content (AvgIpc) is 3.09. The zero-order chi connectivity index (χ0) is 14.9. The average molecular weight is 295 g/mol. The summed E-state index contributed by atoms with van der Waals surface area (Å²) in [6, 6.07) is 3.98. The SMILES string of the molecule is CN1CCc2nc(-c3ccncc3)nc(N3CCCC3)c2C1. The van der Waals surface area contributed by atoms with Gasteiger partial charge >= 0.3 is 0 Å². The number of pyridine rings is 1. The topological polar surface area (TPSA) is 45.2 Å². The van der Waals surface area contributed by atoms with Crippen molar-refractivity contribution in [2.75, 3.05) is 31.6 Å². The molecule has 114 valence electrons. The molecule has 0 spiro atoms. The molecule has 0 N–H and O–H groups in total. The van der Waals surface area contributed by atoms with E-state index in [2.05, 4.69) is 21.8 Å². The largest absolute Gasteiger partial charge is 0.356 e. The first-order valence-electron chi connectivity index (χ1n) is 8.05. The lowest BCUT2D eigenvalue weighted by Crippen LogP contribution is -2.31. The van der Waals surface area contributed by atoms with E-state index in [9.17, 15) is 0 Å². The normalized spacial score (nSPS) is 18.5. The van der Waals surface area contributed by atoms with Crippen LogP contribution in [0.25, 0.3) is 11.4 Å². The second-order valence-electron chi connectivity index (χ2n) is 6.21. The summed E-state index contributed by atoms with van der Waals surface area (Å²) >= 11 is 0. The molecule has 0 atom stereocenters. The molecule has 0 saturated carbocycles. The summed E-state index contributed by atoms with van der Waals surface area (Å²) in [7, 11) is 2.17. The molecule has 22 heavy (non-hydrogen) atoms. The van der Waals surface area contributed by atoms with Crippen LogP contribution in [-0.4, -0.2) is 46.5 Å². The smallest absolute Gasteiger partial charge is 0.161 e. The lowest BCUT2D eigenvalue weighted by molar-refractivity contribution is 0.309. The zero-order valence-electron chi connectivity index (χ0n) is 13.0. The van der Waals surface area contributed by atoms with Crippen LogP contribution >= 0.6 is 0 Å². The summed E-state index contributed by atoms with van der Waals surface area (Å²) in [5.41, 5.74) is 3.60. The molecular formula is C17H21N5. The molecule has 1 fully saturated rings. The van der Waals surface area contributed by atoms with Gasteiger partial charge in [-0.1, -0.05) is 0 Å². The van der Waals surface area contributed by atoms with E-state index in [1.807, 2.05) is 12.1 Å². The standard InChI is InChI=1S/C17H21N5/c1-21-11-6-15-14(12-21)17(22-9-2-3-10-22)20-16(19-15)13-4-7-18-8-5-13/h4-5,7-8H,2-3,6,9-12H2,1H3. The lowest BCUT2D eigenvalue weighted by Gasteiger charge is -2.29. The quantitative estimate of drug-likeness (QED) is 0.849. The summed E-state index contributed by atoms with van der Waals surface area (Å²) < 4.78 is 0. The first-order valence-corrected chi connectivity index (χ1v) is 8.05. The summed E-state index contributed by atoms with van der Waals surface area (Å²) in [6.45, 7) is 4.25. The van der Waals surface area contributed by atoms with Crippen molar-refractivity contribution >= 4 is 5.82 Å². The van der Waals surface area contributed by atoms with Gasteiger partial charge in [-0.15, -0.1) is 0 Å². The van der Waals surface area contributed by atoms with Crippen molar-refractivity contribution in [2.45, 2.75) is 25.8 Å². The van der Waals surface area contributed by atoms with Crippen molar-refractivity contribution in [3.8, 4) is 11.4 Å². The van der Waals surface area contributed by atoms with Crippen LogP contribution in [0.1, 0.15) is 24.1 Å². The number of anilines is 1. The second kappa shape index (κ2) is 5.65. The molecule has 5 nitrogen and oxygen atoms in total. The summed E-state index contributed by atoms with van der Waals surface area (Å²) in [6.07, 6.45) is 7.15. The summed E-state index contributed by atoms with van der Waals surface area (Å²) in [5, 5.41) is 0. The third kappa shape index (κ3) is 2.46. The molecule has 2 aliphatic rings. The molecule has 2 aromatic rings. The molecule has 0 amide bonds. The van der Waals surface area contributed by atoms with E-state index in [1.54, 1.807) is 12.4 Å². The Kier molecular flexibility index (Phi) is 3.50. The van der Waals surface area contributed by atoms with E-state index in [1.165, 1.54) is 24.1 Å². The van der Waals surface area contributed by atoms with Gasteiger partial charge in [0.1, 0.15) is 5.82 Å². The van der Waals surface area contributed by atoms with Gasteiger partial charge in [0.25, 0.3) is 0 Å². The Hall–Kier alpha value is -2.01. The molecule has 0 radical (unpaired) electrons. The lowest BCUT2D eigenvalue weighted by atomic mass is 10.1. The Bertz CT molecular complexity index is 664. The predicted octanol–water partition coefficient (Wildman–Crippen LogP) is 2.13. The van der Waals surface area contributed by atoms with Crippen molar-refractivity contribution in [3.05, 3.63) is 35.8 Å². The van der Waals surface area contributed by atoms with Crippen molar-refractivity contribution in [1.29, 1.82) is 0 Å². The number of rotatable bonds is 2. The fourth-order valence-corrected chi connectivity index (χ4v) is 3.35. The van der Waals surface area contributed by atoms with Crippen molar-refractivity contribution in [3.63, 3.8) is 0 Å². The second-order valence-corrected chi connectivity index (χ2v) is 6.21. The Morgan fingerprint density at radius 2 is 1.77 bits per heavy atom. The van der Waals surface area contributed by atoms with Gasteiger partial charge in [0.15, 0.2) is 5.82 Å². The van der Waals surface area contributed by atoms with E-state index < -0.39 is 0 Å². The maximum Gasteiger partial charge on any atom is 0.161 e. The molecule has 0 aliphatic carbocycles. The van der Waals surface area contributed by atoms with Gasteiger partial charge in [0.2, 0.25) is 0 Å². The highest BCUT2D eigenvalue weighted by Gasteiger charge is 2.25. The first-order chi connectivity index (χ1) is 10.8. The van der Waals surface area contributed by atoms with Crippen LogP contribution in [0, 0.1) is 0 Å². The number of hydrogen-bond donors (Lipinski definition) is 0. The molecule has 0 unspecified atom stereocenters. The number of fused-ring (bicyclic) bond motifs is 1. The fraction of sp³-hybridized carbons (Fsp3) is 0.471. The predicted molar refractivity (Wildman–Crippen MR) is 86.7 cm³/mol. The Morgan fingerprint density at radius 3 is 2.55 bits per heavy atom. The van der Waals surface area contributed by atoms with Crippen LogP contribution in [0.5, 0.6) is 0 Å². The molecule has 4 rings (SSSR count). The van der Waals surface area contributed by atoms with Gasteiger partial charge < -0.3 is 9.80 Å². The molecule has 2 aromatic heterocycles. The van der Waals surface area contributed by atoms with Gasteiger partial charge in [-0.25, -0.2) is 9.97 Å². The van der Waals surface area contributed by atoms with E-state index >= 15 is 0 Å². The first kappa shape index (κ1) is 13.6. The molecule has 2 aliphatic heterocycles. The van der Waals surface area contributed by atoms with Crippen LogP contribution in [0.15, 0.2) is 24.5 Å². The summed E-state index contributed by atoms with van der Waals surface area (Å²) in [4.78, 5) is 18.7. The van der Waals surface area contributed by atoms with Gasteiger partial charge in [0.05, 0.1) is 5.69 Å². The Balaban J connectivity index is 1.83. The summed E-state index contributed by atoms with van der Waals surface area (Å²) in [5.74, 6) is 1.99. The van der Waals surface area contributed by atoms with Crippen molar-refractivity contribution < 1.29 is 0 Å². The highest BCUT2D eigenvalue weighted by atomic mass is 15.2. The van der Waals surface area contributed by atoms with Crippen LogP contribution < -0.4 is 4.90 Å². The molecule has 0 bridgehead atoms. The zero-order valence-corrected chi connectivity index (χ0v) is 13.0. The number of hydrogen-bond acceptors (Lipinski definition) is 5. The Labute approximate surface area is 131 Å².